The number of fused-ring (bicyclic) bond motifs is 1. The summed E-state index contributed by atoms with van der Waals surface area (Å²) in [5.74, 6) is 0.00729. The second-order valence-corrected chi connectivity index (χ2v) is 6.13. The van der Waals surface area contributed by atoms with Crippen LogP contribution in [-0.4, -0.2) is 12.5 Å². The maximum Gasteiger partial charge on any atom is 0.417 e. The van der Waals surface area contributed by atoms with E-state index in [2.05, 4.69) is 5.32 Å². The van der Waals surface area contributed by atoms with Gasteiger partial charge in [-0.3, -0.25) is 4.79 Å². The number of rotatable bonds is 2. The monoisotopic (exact) mass is 387 g/mol. The van der Waals surface area contributed by atoms with E-state index in [-0.39, 0.29) is 17.9 Å². The van der Waals surface area contributed by atoms with Gasteiger partial charge in [-0.05, 0) is 42.5 Å². The molecule has 0 unspecified atom stereocenters. The first-order valence-electron chi connectivity index (χ1n) is 7.05. The molecule has 2 aromatic rings. The molecule has 1 amide bonds. The van der Waals surface area contributed by atoms with Crippen molar-refractivity contribution in [2.75, 3.05) is 11.9 Å². The van der Waals surface area contributed by atoms with E-state index in [9.17, 15) is 18.0 Å². The molecular formula is C17H10Cl2F3NO2. The lowest BCUT2D eigenvalue weighted by atomic mass is 10.1. The molecule has 25 heavy (non-hydrogen) atoms. The second kappa shape index (κ2) is 6.61. The smallest absolute Gasteiger partial charge is 0.417 e. The van der Waals surface area contributed by atoms with Gasteiger partial charge in [0.25, 0.3) is 5.91 Å². The lowest BCUT2D eigenvalue weighted by Gasteiger charge is -2.18. The molecule has 130 valence electrons. The van der Waals surface area contributed by atoms with Crippen molar-refractivity contribution >= 4 is 40.9 Å². The molecule has 8 heteroatoms. The van der Waals surface area contributed by atoms with Gasteiger partial charge in [-0.2, -0.15) is 13.2 Å². The highest BCUT2D eigenvalue weighted by atomic mass is 35.5. The fourth-order valence-electron chi connectivity index (χ4n) is 2.31. The Labute approximate surface area is 151 Å². The summed E-state index contributed by atoms with van der Waals surface area (Å²) in [4.78, 5) is 12.3. The molecule has 0 spiro atoms. The van der Waals surface area contributed by atoms with Crippen molar-refractivity contribution in [3.63, 3.8) is 0 Å². The van der Waals surface area contributed by atoms with Crippen molar-refractivity contribution in [1.82, 2.24) is 0 Å². The molecular weight excluding hydrogens is 378 g/mol. The molecule has 0 fully saturated rings. The van der Waals surface area contributed by atoms with E-state index < -0.39 is 22.7 Å². The molecule has 0 saturated heterocycles. The van der Waals surface area contributed by atoms with Crippen molar-refractivity contribution in [2.24, 2.45) is 0 Å². The summed E-state index contributed by atoms with van der Waals surface area (Å²) in [5.41, 5.74) is -0.147. The summed E-state index contributed by atoms with van der Waals surface area (Å²) in [5, 5.41) is 2.46. The number of carbonyl (C=O) groups is 1. The molecule has 2 aromatic carbocycles. The number of benzene rings is 2. The van der Waals surface area contributed by atoms with Gasteiger partial charge in [-0.1, -0.05) is 23.2 Å². The fourth-order valence-corrected chi connectivity index (χ4v) is 2.72. The zero-order valence-corrected chi connectivity index (χ0v) is 14.0. The maximum absolute atomic E-state index is 12.9. The quantitative estimate of drug-likeness (QED) is 0.746. The van der Waals surface area contributed by atoms with Crippen molar-refractivity contribution in [3.05, 3.63) is 63.1 Å². The third kappa shape index (κ3) is 3.91. The summed E-state index contributed by atoms with van der Waals surface area (Å²) in [7, 11) is 0. The van der Waals surface area contributed by atoms with Gasteiger partial charge in [0.1, 0.15) is 12.4 Å². The van der Waals surface area contributed by atoms with Crippen molar-refractivity contribution in [3.8, 4) is 5.75 Å². The Morgan fingerprint density at radius 2 is 1.88 bits per heavy atom. The first-order valence-corrected chi connectivity index (χ1v) is 7.80. The molecule has 1 heterocycles. The van der Waals surface area contributed by atoms with E-state index in [0.717, 1.165) is 12.1 Å². The molecule has 3 nitrogen and oxygen atoms in total. The number of anilines is 1. The molecule has 1 aliphatic heterocycles. The van der Waals surface area contributed by atoms with Crippen LogP contribution in [-0.2, 0) is 11.0 Å². The van der Waals surface area contributed by atoms with Crippen molar-refractivity contribution in [1.29, 1.82) is 0 Å². The Morgan fingerprint density at radius 1 is 1.12 bits per heavy atom. The van der Waals surface area contributed by atoms with Crippen LogP contribution < -0.4 is 10.1 Å². The number of carbonyl (C=O) groups excluding carboxylic acids is 1. The lowest BCUT2D eigenvalue weighted by molar-refractivity contribution is -0.137. The summed E-state index contributed by atoms with van der Waals surface area (Å²) in [6.45, 7) is 0.000182. The molecule has 3 rings (SSSR count). The normalized spacial score (nSPS) is 13.6. The van der Waals surface area contributed by atoms with Crippen molar-refractivity contribution < 1.29 is 22.7 Å². The Morgan fingerprint density at radius 3 is 2.60 bits per heavy atom. The Balaban J connectivity index is 1.84. The Kier molecular flexibility index (Phi) is 4.67. The predicted octanol–water partition coefficient (Wildman–Crippen LogP) is 5.43. The van der Waals surface area contributed by atoms with Gasteiger partial charge >= 0.3 is 6.18 Å². The second-order valence-electron chi connectivity index (χ2n) is 5.29. The van der Waals surface area contributed by atoms with Gasteiger partial charge in [-0.15, -0.1) is 0 Å². The van der Waals surface area contributed by atoms with Crippen LogP contribution in [0.25, 0.3) is 6.08 Å². The molecule has 0 radical (unpaired) electrons. The standard InChI is InChI=1S/C17H10Cl2F3NO2/c18-11-1-4-15-9(6-11)5-10(8-25-15)16(24)23-12-2-3-14(19)13(7-12)17(20,21)22/h1-7H,8H2,(H,23,24). The van der Waals surface area contributed by atoms with E-state index in [1.165, 1.54) is 6.07 Å². The van der Waals surface area contributed by atoms with Crippen LogP contribution in [0.5, 0.6) is 5.75 Å². The average molecular weight is 388 g/mol. The molecule has 0 bridgehead atoms. The summed E-state index contributed by atoms with van der Waals surface area (Å²) in [6.07, 6.45) is -3.03. The minimum Gasteiger partial charge on any atom is -0.488 e. The summed E-state index contributed by atoms with van der Waals surface area (Å²) in [6, 6.07) is 8.14. The highest BCUT2D eigenvalue weighted by molar-refractivity contribution is 6.31. The SMILES string of the molecule is O=C(Nc1ccc(Cl)c(C(F)(F)F)c1)C1=Cc2cc(Cl)ccc2OC1. The minimum atomic E-state index is -4.61. The number of nitrogens with one attached hydrogen (secondary N) is 1. The van der Waals surface area contributed by atoms with E-state index in [1.807, 2.05) is 0 Å². The van der Waals surface area contributed by atoms with Crippen LogP contribution in [0.4, 0.5) is 18.9 Å². The fraction of sp³-hybridized carbons (Fsp3) is 0.118. The van der Waals surface area contributed by atoms with Gasteiger partial charge in [0.05, 0.1) is 16.2 Å². The van der Waals surface area contributed by atoms with Crippen LogP contribution in [0.3, 0.4) is 0 Å². The predicted molar refractivity (Wildman–Crippen MR) is 90.0 cm³/mol. The van der Waals surface area contributed by atoms with E-state index in [0.29, 0.717) is 16.3 Å². The molecule has 0 saturated carbocycles. The number of amides is 1. The molecule has 1 aliphatic rings. The van der Waals surface area contributed by atoms with Gasteiger partial charge in [-0.25, -0.2) is 0 Å². The van der Waals surface area contributed by atoms with E-state index >= 15 is 0 Å². The molecule has 0 atom stereocenters. The number of ether oxygens (including phenoxy) is 1. The first-order chi connectivity index (χ1) is 11.7. The third-order valence-electron chi connectivity index (χ3n) is 3.51. The molecule has 1 N–H and O–H groups in total. The van der Waals surface area contributed by atoms with E-state index in [4.69, 9.17) is 27.9 Å². The van der Waals surface area contributed by atoms with Gasteiger partial charge in [0.2, 0.25) is 0 Å². The van der Waals surface area contributed by atoms with Gasteiger partial charge in [0.15, 0.2) is 0 Å². The van der Waals surface area contributed by atoms with Crippen LogP contribution in [0.1, 0.15) is 11.1 Å². The van der Waals surface area contributed by atoms with Crippen LogP contribution in [0.15, 0.2) is 42.0 Å². The van der Waals surface area contributed by atoms with Crippen LogP contribution in [0, 0.1) is 0 Å². The van der Waals surface area contributed by atoms with Crippen LogP contribution in [0.2, 0.25) is 10.0 Å². The largest absolute Gasteiger partial charge is 0.488 e. The zero-order valence-electron chi connectivity index (χ0n) is 12.5. The zero-order chi connectivity index (χ0) is 18.2. The Bertz CT molecular complexity index is 879. The van der Waals surface area contributed by atoms with Crippen LogP contribution >= 0.6 is 23.2 Å². The Hall–Kier alpha value is -2.18. The van der Waals surface area contributed by atoms with E-state index in [1.54, 1.807) is 24.3 Å². The topological polar surface area (TPSA) is 38.3 Å². The highest BCUT2D eigenvalue weighted by Crippen LogP contribution is 2.36. The number of hydrogen-bond acceptors (Lipinski definition) is 2. The van der Waals surface area contributed by atoms with Gasteiger partial charge in [0, 0.05) is 16.3 Å². The minimum absolute atomic E-state index is 0.000182. The number of alkyl halides is 3. The van der Waals surface area contributed by atoms with Gasteiger partial charge < -0.3 is 10.1 Å². The number of hydrogen-bond donors (Lipinski definition) is 1. The average Bonchev–Trinajstić information content (AvgIpc) is 2.54. The lowest BCUT2D eigenvalue weighted by Crippen LogP contribution is -2.21. The van der Waals surface area contributed by atoms with Crippen molar-refractivity contribution in [2.45, 2.75) is 6.18 Å². The summed E-state index contributed by atoms with van der Waals surface area (Å²) >= 11 is 11.5. The molecule has 0 aliphatic carbocycles. The molecule has 0 aromatic heterocycles. The highest BCUT2D eigenvalue weighted by Gasteiger charge is 2.33. The summed E-state index contributed by atoms with van der Waals surface area (Å²) < 4.78 is 44.1. The first kappa shape index (κ1) is 17.6. The third-order valence-corrected chi connectivity index (χ3v) is 4.07. The number of halogens is 5. The maximum atomic E-state index is 12.9.